The molecule has 1 aliphatic heterocycles. The Hall–Kier alpha value is -0.860. The molecule has 1 heterocycles. The number of rotatable bonds is 6. The monoisotopic (exact) mass is 460 g/mol. The summed E-state index contributed by atoms with van der Waals surface area (Å²) in [5.41, 5.74) is 2.57. The molecule has 1 aliphatic rings. The number of aliphatic imine (C=N–C) groups is 1. The van der Waals surface area contributed by atoms with Crippen LogP contribution in [0.1, 0.15) is 30.6 Å². The Labute approximate surface area is 169 Å². The molecule has 2 rings (SSSR count). The molecule has 0 aromatic heterocycles. The van der Waals surface area contributed by atoms with Gasteiger partial charge in [0.05, 0.1) is 13.2 Å². The van der Waals surface area contributed by atoms with E-state index in [1.807, 2.05) is 0 Å². The van der Waals surface area contributed by atoms with E-state index < -0.39 is 0 Å². The van der Waals surface area contributed by atoms with Crippen molar-refractivity contribution in [1.82, 2.24) is 15.1 Å². The minimum atomic E-state index is 0. The molecule has 0 aliphatic carbocycles. The van der Waals surface area contributed by atoms with Crippen molar-refractivity contribution in [3.63, 3.8) is 0 Å². The van der Waals surface area contributed by atoms with Crippen LogP contribution >= 0.6 is 24.0 Å². The Morgan fingerprint density at radius 2 is 2.12 bits per heavy atom. The Bertz CT molecular complexity index is 536. The van der Waals surface area contributed by atoms with Crippen LogP contribution in [0.15, 0.2) is 29.3 Å². The normalized spacial score (nSPS) is 18.2. The number of nitrogens with one attached hydrogen (secondary N) is 1. The standard InChI is InChI=1S/C19H32N4O.HI/c1-5-20-19(21-11-8-12-22(3)4)23-13-14-24-18(15-23)17-10-7-6-9-16(17)2;/h6-7,9-10,18H,5,8,11-15H2,1-4H3,(H,20,21);1H. The fourth-order valence-corrected chi connectivity index (χ4v) is 2.98. The number of hydrogen-bond acceptors (Lipinski definition) is 3. The van der Waals surface area contributed by atoms with Gasteiger partial charge < -0.3 is 19.9 Å². The fraction of sp³-hybridized carbons (Fsp3) is 0.632. The maximum Gasteiger partial charge on any atom is 0.194 e. The van der Waals surface area contributed by atoms with Gasteiger partial charge in [-0.05, 0) is 52.0 Å². The molecule has 25 heavy (non-hydrogen) atoms. The maximum atomic E-state index is 6.03. The maximum absolute atomic E-state index is 6.03. The summed E-state index contributed by atoms with van der Waals surface area (Å²) in [7, 11) is 4.20. The van der Waals surface area contributed by atoms with Crippen molar-refractivity contribution in [3.05, 3.63) is 35.4 Å². The molecule has 0 amide bonds. The summed E-state index contributed by atoms with van der Waals surface area (Å²) in [6.07, 6.45) is 1.19. The number of halogens is 1. The van der Waals surface area contributed by atoms with Crippen LogP contribution in [-0.4, -0.2) is 69.2 Å². The van der Waals surface area contributed by atoms with Crippen LogP contribution in [0.4, 0.5) is 0 Å². The fourth-order valence-electron chi connectivity index (χ4n) is 2.98. The van der Waals surface area contributed by atoms with Gasteiger partial charge in [-0.25, -0.2) is 0 Å². The highest BCUT2D eigenvalue weighted by molar-refractivity contribution is 14.0. The summed E-state index contributed by atoms with van der Waals surface area (Å²) in [5, 5.41) is 3.43. The highest BCUT2D eigenvalue weighted by Crippen LogP contribution is 2.24. The third-order valence-corrected chi connectivity index (χ3v) is 4.26. The van der Waals surface area contributed by atoms with Crippen molar-refractivity contribution in [2.24, 2.45) is 4.99 Å². The lowest BCUT2D eigenvalue weighted by atomic mass is 10.0. The Morgan fingerprint density at radius 1 is 1.36 bits per heavy atom. The Morgan fingerprint density at radius 3 is 2.80 bits per heavy atom. The van der Waals surface area contributed by atoms with Gasteiger partial charge in [-0.3, -0.25) is 4.99 Å². The molecule has 0 spiro atoms. The topological polar surface area (TPSA) is 40.1 Å². The summed E-state index contributed by atoms with van der Waals surface area (Å²) in [6, 6.07) is 8.49. The zero-order valence-corrected chi connectivity index (χ0v) is 18.3. The lowest BCUT2D eigenvalue weighted by molar-refractivity contribution is -0.00832. The molecule has 1 N–H and O–H groups in total. The highest BCUT2D eigenvalue weighted by Gasteiger charge is 2.24. The quantitative estimate of drug-likeness (QED) is 0.307. The van der Waals surface area contributed by atoms with Crippen LogP contribution in [0, 0.1) is 6.92 Å². The third kappa shape index (κ3) is 7.11. The first-order chi connectivity index (χ1) is 11.6. The minimum Gasteiger partial charge on any atom is -0.370 e. The van der Waals surface area contributed by atoms with Crippen LogP contribution in [-0.2, 0) is 4.74 Å². The highest BCUT2D eigenvalue weighted by atomic mass is 127. The first kappa shape index (κ1) is 22.2. The van der Waals surface area contributed by atoms with Crippen molar-refractivity contribution in [1.29, 1.82) is 0 Å². The summed E-state index contributed by atoms with van der Waals surface area (Å²) in [6.45, 7) is 9.56. The predicted octanol–water partition coefficient (Wildman–Crippen LogP) is 2.90. The first-order valence-electron chi connectivity index (χ1n) is 8.97. The molecular weight excluding hydrogens is 427 g/mol. The molecule has 1 unspecified atom stereocenters. The van der Waals surface area contributed by atoms with Gasteiger partial charge >= 0.3 is 0 Å². The number of benzene rings is 1. The summed E-state index contributed by atoms with van der Waals surface area (Å²) in [5.74, 6) is 1.01. The second-order valence-electron chi connectivity index (χ2n) is 6.55. The van der Waals surface area contributed by atoms with Crippen LogP contribution in [0.2, 0.25) is 0 Å². The minimum absolute atomic E-state index is 0. The van der Waals surface area contributed by atoms with E-state index in [1.54, 1.807) is 0 Å². The zero-order valence-electron chi connectivity index (χ0n) is 16.0. The molecule has 142 valence electrons. The number of aryl methyl sites for hydroxylation is 1. The average Bonchev–Trinajstić information content (AvgIpc) is 2.58. The van der Waals surface area contributed by atoms with Gasteiger partial charge in [0.15, 0.2) is 5.96 Å². The van der Waals surface area contributed by atoms with E-state index in [0.29, 0.717) is 0 Å². The second kappa shape index (κ2) is 11.7. The van der Waals surface area contributed by atoms with Gasteiger partial charge in [-0.1, -0.05) is 24.3 Å². The number of morpholine rings is 1. The van der Waals surface area contributed by atoms with Gasteiger partial charge in [0, 0.05) is 19.6 Å². The molecule has 0 radical (unpaired) electrons. The smallest absolute Gasteiger partial charge is 0.194 e. The second-order valence-corrected chi connectivity index (χ2v) is 6.55. The molecule has 1 aromatic carbocycles. The molecule has 5 nitrogen and oxygen atoms in total. The lowest BCUT2D eigenvalue weighted by Crippen LogP contribution is -2.48. The summed E-state index contributed by atoms with van der Waals surface area (Å²) < 4.78 is 6.03. The van der Waals surface area contributed by atoms with E-state index in [9.17, 15) is 0 Å². The molecular formula is C19H33IN4O. The van der Waals surface area contributed by atoms with Crippen molar-refractivity contribution >= 4 is 29.9 Å². The van der Waals surface area contributed by atoms with Gasteiger partial charge in [-0.2, -0.15) is 0 Å². The SMILES string of the molecule is CCNC(=NCCCN(C)C)N1CCOC(c2ccccc2C)C1.I. The first-order valence-corrected chi connectivity index (χ1v) is 8.97. The van der Waals surface area contributed by atoms with E-state index in [1.165, 1.54) is 11.1 Å². The largest absolute Gasteiger partial charge is 0.370 e. The van der Waals surface area contributed by atoms with Gasteiger partial charge in [0.2, 0.25) is 0 Å². The molecule has 1 atom stereocenters. The number of guanidine groups is 1. The molecule has 6 heteroatoms. The van der Waals surface area contributed by atoms with E-state index >= 15 is 0 Å². The number of ether oxygens (including phenoxy) is 1. The molecule has 0 bridgehead atoms. The van der Waals surface area contributed by atoms with Crippen LogP contribution in [0.25, 0.3) is 0 Å². The third-order valence-electron chi connectivity index (χ3n) is 4.26. The van der Waals surface area contributed by atoms with Crippen molar-refractivity contribution in [2.75, 3.05) is 53.4 Å². The molecule has 1 saturated heterocycles. The van der Waals surface area contributed by atoms with E-state index in [0.717, 1.165) is 51.7 Å². The zero-order chi connectivity index (χ0) is 17.4. The van der Waals surface area contributed by atoms with Crippen LogP contribution in [0.5, 0.6) is 0 Å². The van der Waals surface area contributed by atoms with E-state index in [4.69, 9.17) is 9.73 Å². The van der Waals surface area contributed by atoms with Gasteiger partial charge in [0.1, 0.15) is 6.10 Å². The predicted molar refractivity (Wildman–Crippen MR) is 116 cm³/mol. The lowest BCUT2D eigenvalue weighted by Gasteiger charge is -2.35. The van der Waals surface area contributed by atoms with Crippen molar-refractivity contribution in [2.45, 2.75) is 26.4 Å². The number of nitrogens with zero attached hydrogens (tertiary/aromatic N) is 3. The van der Waals surface area contributed by atoms with Crippen molar-refractivity contribution < 1.29 is 4.74 Å². The van der Waals surface area contributed by atoms with E-state index in [2.05, 4.69) is 67.3 Å². The Kier molecular flexibility index (Phi) is 10.4. The van der Waals surface area contributed by atoms with Crippen molar-refractivity contribution in [3.8, 4) is 0 Å². The average molecular weight is 460 g/mol. The molecule has 1 fully saturated rings. The number of hydrogen-bond donors (Lipinski definition) is 1. The summed E-state index contributed by atoms with van der Waals surface area (Å²) in [4.78, 5) is 9.34. The molecule has 1 aromatic rings. The Balaban J connectivity index is 0.00000312. The van der Waals surface area contributed by atoms with E-state index in [-0.39, 0.29) is 30.1 Å². The van der Waals surface area contributed by atoms with Crippen LogP contribution in [0.3, 0.4) is 0 Å². The summed E-state index contributed by atoms with van der Waals surface area (Å²) >= 11 is 0. The van der Waals surface area contributed by atoms with Gasteiger partial charge in [0.25, 0.3) is 0 Å². The molecule has 0 saturated carbocycles. The van der Waals surface area contributed by atoms with Gasteiger partial charge in [-0.15, -0.1) is 24.0 Å². The van der Waals surface area contributed by atoms with Crippen LogP contribution < -0.4 is 5.32 Å².